The number of ether oxygens (including phenoxy) is 1. The van der Waals surface area contributed by atoms with E-state index in [1.165, 1.54) is 16.2 Å². The molecule has 0 radical (unpaired) electrons. The van der Waals surface area contributed by atoms with Gasteiger partial charge in [-0.25, -0.2) is 4.98 Å². The molecule has 7 nitrogen and oxygen atoms in total. The number of aryl methyl sites for hydroxylation is 1. The summed E-state index contributed by atoms with van der Waals surface area (Å²) in [4.78, 5) is 17.3. The highest BCUT2D eigenvalue weighted by Crippen LogP contribution is 2.32. The molecule has 0 unspecified atom stereocenters. The third-order valence-electron chi connectivity index (χ3n) is 3.27. The van der Waals surface area contributed by atoms with Crippen LogP contribution < -0.4 is 5.32 Å². The molecule has 2 aromatic rings. The van der Waals surface area contributed by atoms with E-state index in [0.29, 0.717) is 22.8 Å². The second kappa shape index (κ2) is 6.31. The number of carbonyl (C=O) groups excluding carboxylic acids is 1. The third kappa shape index (κ3) is 3.64. The van der Waals surface area contributed by atoms with E-state index >= 15 is 0 Å². The number of rotatable bonds is 4. The first kappa shape index (κ1) is 14.2. The van der Waals surface area contributed by atoms with Crippen molar-refractivity contribution in [2.75, 3.05) is 18.5 Å². The molecule has 3 heterocycles. The molecule has 1 aliphatic rings. The average Bonchev–Trinajstić information content (AvgIpc) is 3.09. The van der Waals surface area contributed by atoms with E-state index in [9.17, 15) is 4.79 Å². The van der Waals surface area contributed by atoms with Gasteiger partial charge in [0.2, 0.25) is 17.7 Å². The lowest BCUT2D eigenvalue weighted by Gasteiger charge is -2.20. The molecule has 0 aliphatic carbocycles. The fourth-order valence-electron chi connectivity index (χ4n) is 2.22. The van der Waals surface area contributed by atoms with Gasteiger partial charge in [-0.15, -0.1) is 21.5 Å². The summed E-state index contributed by atoms with van der Waals surface area (Å²) in [6, 6.07) is 0. The van der Waals surface area contributed by atoms with Gasteiger partial charge in [-0.2, -0.15) is 0 Å². The summed E-state index contributed by atoms with van der Waals surface area (Å²) < 4.78 is 10.5. The van der Waals surface area contributed by atoms with E-state index in [0.717, 1.165) is 26.1 Å². The quantitative estimate of drug-likeness (QED) is 0.928. The molecule has 1 fully saturated rings. The molecule has 0 saturated carbocycles. The van der Waals surface area contributed by atoms with Crippen LogP contribution in [0.3, 0.4) is 0 Å². The van der Waals surface area contributed by atoms with Crippen LogP contribution in [0, 0.1) is 6.92 Å². The number of nitrogens with zero attached hydrogens (tertiary/aromatic N) is 3. The fraction of sp³-hybridized carbons (Fsp3) is 0.538. The van der Waals surface area contributed by atoms with Crippen LogP contribution in [0.2, 0.25) is 0 Å². The molecule has 1 saturated heterocycles. The van der Waals surface area contributed by atoms with E-state index in [2.05, 4.69) is 20.5 Å². The highest BCUT2D eigenvalue weighted by molar-refractivity contribution is 7.15. The van der Waals surface area contributed by atoms with Gasteiger partial charge in [0.15, 0.2) is 5.13 Å². The Balaban J connectivity index is 1.57. The minimum absolute atomic E-state index is 0.0625. The predicted octanol–water partition coefficient (Wildman–Crippen LogP) is 1.91. The molecule has 0 spiro atoms. The smallest absolute Gasteiger partial charge is 0.235 e. The first-order valence-electron chi connectivity index (χ1n) is 6.83. The summed E-state index contributed by atoms with van der Waals surface area (Å²) in [5.41, 5.74) is 0. The van der Waals surface area contributed by atoms with Crippen molar-refractivity contribution >= 4 is 22.4 Å². The number of hydrogen-bond acceptors (Lipinski definition) is 7. The number of aromatic nitrogens is 3. The largest absolute Gasteiger partial charge is 0.425 e. The Labute approximate surface area is 125 Å². The number of anilines is 1. The van der Waals surface area contributed by atoms with E-state index in [-0.39, 0.29) is 12.3 Å². The maximum Gasteiger partial charge on any atom is 0.235 e. The van der Waals surface area contributed by atoms with Gasteiger partial charge in [0.1, 0.15) is 6.42 Å². The summed E-state index contributed by atoms with van der Waals surface area (Å²) in [5, 5.41) is 10.9. The lowest BCUT2D eigenvalue weighted by molar-refractivity contribution is -0.115. The fourth-order valence-corrected chi connectivity index (χ4v) is 3.23. The summed E-state index contributed by atoms with van der Waals surface area (Å²) in [6.07, 6.45) is 3.92. The zero-order chi connectivity index (χ0) is 14.7. The molecule has 3 rings (SSSR count). The maximum atomic E-state index is 11.9. The minimum Gasteiger partial charge on any atom is -0.425 e. The molecule has 1 aliphatic heterocycles. The third-order valence-corrected chi connectivity index (χ3v) is 4.35. The highest BCUT2D eigenvalue weighted by Gasteiger charge is 2.19. The van der Waals surface area contributed by atoms with E-state index in [1.807, 2.05) is 6.20 Å². The highest BCUT2D eigenvalue weighted by atomic mass is 32.1. The second-order valence-corrected chi connectivity index (χ2v) is 5.96. The molecule has 2 aromatic heterocycles. The Morgan fingerprint density at radius 3 is 2.95 bits per heavy atom. The van der Waals surface area contributed by atoms with Crippen molar-refractivity contribution in [3.05, 3.63) is 22.9 Å². The van der Waals surface area contributed by atoms with Crippen LogP contribution in [0.25, 0.3) is 0 Å². The SMILES string of the molecule is Cc1nnc(CC(=O)Nc2ncc(C3CCOCC3)s2)o1. The van der Waals surface area contributed by atoms with Gasteiger partial charge in [0, 0.05) is 31.2 Å². The molecule has 0 bridgehead atoms. The average molecular weight is 308 g/mol. The first-order chi connectivity index (χ1) is 10.2. The summed E-state index contributed by atoms with van der Waals surface area (Å²) >= 11 is 1.52. The Morgan fingerprint density at radius 2 is 2.24 bits per heavy atom. The van der Waals surface area contributed by atoms with E-state index in [1.54, 1.807) is 6.92 Å². The van der Waals surface area contributed by atoms with Crippen molar-refractivity contribution in [2.24, 2.45) is 0 Å². The lowest BCUT2D eigenvalue weighted by atomic mass is 9.99. The topological polar surface area (TPSA) is 90.1 Å². The van der Waals surface area contributed by atoms with Crippen molar-refractivity contribution in [3.8, 4) is 0 Å². The van der Waals surface area contributed by atoms with Crippen LogP contribution in [-0.2, 0) is 16.0 Å². The molecule has 112 valence electrons. The van der Waals surface area contributed by atoms with Gasteiger partial charge in [0.05, 0.1) is 0 Å². The van der Waals surface area contributed by atoms with Gasteiger partial charge in [-0.05, 0) is 18.8 Å². The summed E-state index contributed by atoms with van der Waals surface area (Å²) in [5.74, 6) is 1.05. The molecule has 0 atom stereocenters. The standard InChI is InChI=1S/C13H16N4O3S/c1-8-16-17-12(20-8)6-11(18)15-13-14-7-10(21-13)9-2-4-19-5-3-9/h7,9H,2-6H2,1H3,(H,14,15,18). The van der Waals surface area contributed by atoms with Crippen LogP contribution >= 0.6 is 11.3 Å². The Kier molecular flexibility index (Phi) is 4.26. The predicted molar refractivity (Wildman–Crippen MR) is 76.3 cm³/mol. The zero-order valence-electron chi connectivity index (χ0n) is 11.7. The Morgan fingerprint density at radius 1 is 1.43 bits per heavy atom. The second-order valence-electron chi connectivity index (χ2n) is 4.89. The van der Waals surface area contributed by atoms with Gasteiger partial charge < -0.3 is 14.5 Å². The van der Waals surface area contributed by atoms with Crippen LogP contribution in [0.1, 0.15) is 35.4 Å². The lowest BCUT2D eigenvalue weighted by Crippen LogP contribution is -2.14. The maximum absolute atomic E-state index is 11.9. The molecule has 8 heteroatoms. The molecule has 0 aromatic carbocycles. The Hall–Kier alpha value is -1.80. The van der Waals surface area contributed by atoms with Crippen molar-refractivity contribution < 1.29 is 13.9 Å². The van der Waals surface area contributed by atoms with E-state index < -0.39 is 0 Å². The van der Waals surface area contributed by atoms with E-state index in [4.69, 9.17) is 9.15 Å². The minimum atomic E-state index is -0.202. The van der Waals surface area contributed by atoms with Crippen molar-refractivity contribution in [2.45, 2.75) is 32.1 Å². The number of amides is 1. The van der Waals surface area contributed by atoms with Crippen LogP contribution in [-0.4, -0.2) is 34.3 Å². The zero-order valence-corrected chi connectivity index (χ0v) is 12.5. The molecular weight excluding hydrogens is 292 g/mol. The van der Waals surface area contributed by atoms with Gasteiger partial charge in [0.25, 0.3) is 0 Å². The molecular formula is C13H16N4O3S. The molecule has 1 amide bonds. The molecule has 1 N–H and O–H groups in total. The molecule has 21 heavy (non-hydrogen) atoms. The van der Waals surface area contributed by atoms with Gasteiger partial charge in [-0.3, -0.25) is 4.79 Å². The summed E-state index contributed by atoms with van der Waals surface area (Å²) in [7, 11) is 0. The Bertz CT molecular complexity index is 618. The summed E-state index contributed by atoms with van der Waals surface area (Å²) in [6.45, 7) is 3.27. The van der Waals surface area contributed by atoms with Gasteiger partial charge in [-0.1, -0.05) is 0 Å². The number of thiazole rings is 1. The van der Waals surface area contributed by atoms with Crippen molar-refractivity contribution in [1.82, 2.24) is 15.2 Å². The van der Waals surface area contributed by atoms with Crippen LogP contribution in [0.15, 0.2) is 10.6 Å². The van der Waals surface area contributed by atoms with Gasteiger partial charge >= 0.3 is 0 Å². The van der Waals surface area contributed by atoms with Crippen LogP contribution in [0.4, 0.5) is 5.13 Å². The normalized spacial score (nSPS) is 16.0. The number of hydrogen-bond donors (Lipinski definition) is 1. The first-order valence-corrected chi connectivity index (χ1v) is 7.64. The number of carbonyl (C=O) groups is 1. The van der Waals surface area contributed by atoms with Crippen molar-refractivity contribution in [1.29, 1.82) is 0 Å². The van der Waals surface area contributed by atoms with Crippen LogP contribution in [0.5, 0.6) is 0 Å². The monoisotopic (exact) mass is 308 g/mol. The number of nitrogens with one attached hydrogen (secondary N) is 1. The van der Waals surface area contributed by atoms with Crippen molar-refractivity contribution in [3.63, 3.8) is 0 Å².